The van der Waals surface area contributed by atoms with E-state index in [0.29, 0.717) is 0 Å². The van der Waals surface area contributed by atoms with E-state index in [9.17, 15) is 0 Å². The first-order valence-electron chi connectivity index (χ1n) is 7.19. The van der Waals surface area contributed by atoms with Gasteiger partial charge in [-0.2, -0.15) is 0 Å². The van der Waals surface area contributed by atoms with Crippen molar-refractivity contribution in [3.8, 4) is 0 Å². The molecule has 2 heterocycles. The molecular formula is C14H22N4. The summed E-state index contributed by atoms with van der Waals surface area (Å²) in [7, 11) is 0. The van der Waals surface area contributed by atoms with E-state index in [2.05, 4.69) is 27.9 Å². The quantitative estimate of drug-likeness (QED) is 0.791. The maximum atomic E-state index is 4.78. The molecule has 1 aliphatic carbocycles. The lowest BCUT2D eigenvalue weighted by Crippen LogP contribution is -2.46. The Kier molecular flexibility index (Phi) is 3.46. The molecule has 1 aromatic heterocycles. The van der Waals surface area contributed by atoms with E-state index in [-0.39, 0.29) is 0 Å². The highest BCUT2D eigenvalue weighted by molar-refractivity contribution is 5.34. The highest BCUT2D eigenvalue weighted by atomic mass is 15.3. The predicted molar refractivity (Wildman–Crippen MR) is 73.0 cm³/mol. The molecule has 0 amide bonds. The Morgan fingerprint density at radius 3 is 2.67 bits per heavy atom. The topological polar surface area (TPSA) is 32.3 Å². The van der Waals surface area contributed by atoms with Crippen LogP contribution in [0.3, 0.4) is 0 Å². The van der Waals surface area contributed by atoms with E-state index in [1.165, 1.54) is 30.5 Å². The molecule has 0 atom stereocenters. The number of rotatable bonds is 2. The van der Waals surface area contributed by atoms with Crippen molar-refractivity contribution in [1.82, 2.24) is 14.9 Å². The molecule has 0 aromatic carbocycles. The summed E-state index contributed by atoms with van der Waals surface area (Å²) in [5, 5.41) is 0. The average molecular weight is 246 g/mol. The monoisotopic (exact) mass is 246 g/mol. The zero-order valence-electron chi connectivity index (χ0n) is 11.2. The molecule has 0 bridgehead atoms. The van der Waals surface area contributed by atoms with Gasteiger partial charge in [-0.15, -0.1) is 0 Å². The molecule has 98 valence electrons. The van der Waals surface area contributed by atoms with Gasteiger partial charge < -0.3 is 9.80 Å². The normalized spacial score (nSPS) is 20.8. The molecule has 1 saturated heterocycles. The molecule has 0 N–H and O–H groups in total. The van der Waals surface area contributed by atoms with Crippen LogP contribution in [0.5, 0.6) is 0 Å². The first-order valence-corrected chi connectivity index (χ1v) is 7.19. The molecule has 4 heteroatoms. The third-order valence-electron chi connectivity index (χ3n) is 4.15. The van der Waals surface area contributed by atoms with Gasteiger partial charge in [-0.05, 0) is 37.8 Å². The minimum Gasteiger partial charge on any atom is -0.338 e. The highest BCUT2D eigenvalue weighted by Gasteiger charge is 2.19. The summed E-state index contributed by atoms with van der Waals surface area (Å²) in [5.74, 6) is 0.950. The van der Waals surface area contributed by atoms with Crippen molar-refractivity contribution in [3.05, 3.63) is 17.5 Å². The molecule has 0 saturated carbocycles. The zero-order valence-corrected chi connectivity index (χ0v) is 11.2. The van der Waals surface area contributed by atoms with E-state index in [0.717, 1.165) is 45.1 Å². The molecule has 18 heavy (non-hydrogen) atoms. The molecule has 0 unspecified atom stereocenters. The summed E-state index contributed by atoms with van der Waals surface area (Å²) >= 11 is 0. The lowest BCUT2D eigenvalue weighted by atomic mass is 9.98. The fraction of sp³-hybridized carbons (Fsp3) is 0.714. The van der Waals surface area contributed by atoms with E-state index in [1.54, 1.807) is 0 Å². The second-order valence-electron chi connectivity index (χ2n) is 5.27. The first kappa shape index (κ1) is 11.9. The molecule has 1 aromatic rings. The molecule has 0 spiro atoms. The van der Waals surface area contributed by atoms with Gasteiger partial charge in [0, 0.05) is 38.1 Å². The Morgan fingerprint density at radius 2 is 1.89 bits per heavy atom. The number of hydrogen-bond acceptors (Lipinski definition) is 4. The minimum atomic E-state index is 0.950. The van der Waals surface area contributed by atoms with Crippen molar-refractivity contribution < 1.29 is 0 Å². The smallest absolute Gasteiger partial charge is 0.225 e. The second kappa shape index (κ2) is 5.22. The second-order valence-corrected chi connectivity index (χ2v) is 5.27. The van der Waals surface area contributed by atoms with Gasteiger partial charge in [0.2, 0.25) is 5.95 Å². The van der Waals surface area contributed by atoms with Gasteiger partial charge in [0.05, 0.1) is 0 Å². The van der Waals surface area contributed by atoms with Crippen LogP contribution >= 0.6 is 0 Å². The van der Waals surface area contributed by atoms with Crippen LogP contribution in [-0.2, 0) is 12.8 Å². The van der Waals surface area contributed by atoms with Crippen molar-refractivity contribution in [3.63, 3.8) is 0 Å². The van der Waals surface area contributed by atoms with Crippen LogP contribution in [0.25, 0.3) is 0 Å². The molecule has 4 nitrogen and oxygen atoms in total. The molecule has 0 radical (unpaired) electrons. The van der Waals surface area contributed by atoms with Gasteiger partial charge >= 0.3 is 0 Å². The van der Waals surface area contributed by atoms with Gasteiger partial charge in [0.15, 0.2) is 0 Å². The zero-order chi connectivity index (χ0) is 12.4. The van der Waals surface area contributed by atoms with Crippen LogP contribution < -0.4 is 4.90 Å². The number of aryl methyl sites for hydroxylation is 2. The Balaban J connectivity index is 1.73. The van der Waals surface area contributed by atoms with E-state index in [4.69, 9.17) is 4.98 Å². The summed E-state index contributed by atoms with van der Waals surface area (Å²) < 4.78 is 0. The van der Waals surface area contributed by atoms with Crippen molar-refractivity contribution in [2.45, 2.75) is 32.6 Å². The molecule has 1 fully saturated rings. The summed E-state index contributed by atoms with van der Waals surface area (Å²) in [6.45, 7) is 7.77. The number of piperazine rings is 1. The van der Waals surface area contributed by atoms with Crippen LogP contribution in [0.4, 0.5) is 5.95 Å². The third kappa shape index (κ3) is 2.34. The fourth-order valence-electron chi connectivity index (χ4n) is 2.88. The lowest BCUT2D eigenvalue weighted by Gasteiger charge is -2.34. The lowest BCUT2D eigenvalue weighted by molar-refractivity contribution is 0.270. The van der Waals surface area contributed by atoms with Gasteiger partial charge in [-0.25, -0.2) is 9.97 Å². The van der Waals surface area contributed by atoms with Crippen LogP contribution in [0.15, 0.2) is 6.20 Å². The third-order valence-corrected chi connectivity index (χ3v) is 4.15. The number of likely N-dealkylation sites (N-methyl/N-ethyl adjacent to an activating group) is 1. The number of anilines is 1. The summed E-state index contributed by atoms with van der Waals surface area (Å²) in [4.78, 5) is 14.2. The standard InChI is InChI=1S/C14H22N4/c1-2-17-7-9-18(10-8-17)14-15-11-12-5-3-4-6-13(12)16-14/h11H,2-10H2,1H3. The Labute approximate surface area is 109 Å². The molecule has 3 rings (SSSR count). The average Bonchev–Trinajstić information content (AvgIpc) is 2.47. The molecular weight excluding hydrogens is 224 g/mol. The van der Waals surface area contributed by atoms with E-state index < -0.39 is 0 Å². The van der Waals surface area contributed by atoms with Gasteiger partial charge in [-0.3, -0.25) is 0 Å². The maximum absolute atomic E-state index is 4.78. The maximum Gasteiger partial charge on any atom is 0.225 e. The molecule has 2 aliphatic rings. The van der Waals surface area contributed by atoms with Crippen LogP contribution in [0.1, 0.15) is 31.0 Å². The Bertz CT molecular complexity index is 410. The summed E-state index contributed by atoms with van der Waals surface area (Å²) in [5.41, 5.74) is 2.67. The number of hydrogen-bond donors (Lipinski definition) is 0. The predicted octanol–water partition coefficient (Wildman–Crippen LogP) is 1.50. The minimum absolute atomic E-state index is 0.950. The number of fused-ring (bicyclic) bond motifs is 1. The Hall–Kier alpha value is -1.16. The first-order chi connectivity index (χ1) is 8.86. The molecule has 1 aliphatic heterocycles. The van der Waals surface area contributed by atoms with Crippen LogP contribution in [0.2, 0.25) is 0 Å². The van der Waals surface area contributed by atoms with E-state index in [1.807, 2.05) is 0 Å². The van der Waals surface area contributed by atoms with Crippen molar-refractivity contribution in [2.75, 3.05) is 37.6 Å². The summed E-state index contributed by atoms with van der Waals surface area (Å²) in [6.07, 6.45) is 6.94. The van der Waals surface area contributed by atoms with Crippen LogP contribution in [-0.4, -0.2) is 47.6 Å². The summed E-state index contributed by atoms with van der Waals surface area (Å²) in [6, 6.07) is 0. The van der Waals surface area contributed by atoms with Crippen molar-refractivity contribution >= 4 is 5.95 Å². The largest absolute Gasteiger partial charge is 0.338 e. The van der Waals surface area contributed by atoms with Gasteiger partial charge in [-0.1, -0.05) is 6.92 Å². The van der Waals surface area contributed by atoms with Crippen LogP contribution in [0, 0.1) is 0 Å². The fourth-order valence-corrected chi connectivity index (χ4v) is 2.88. The highest BCUT2D eigenvalue weighted by Crippen LogP contribution is 2.21. The van der Waals surface area contributed by atoms with E-state index >= 15 is 0 Å². The number of aromatic nitrogens is 2. The van der Waals surface area contributed by atoms with Gasteiger partial charge in [0.1, 0.15) is 0 Å². The van der Waals surface area contributed by atoms with Crippen molar-refractivity contribution in [1.29, 1.82) is 0 Å². The van der Waals surface area contributed by atoms with Gasteiger partial charge in [0.25, 0.3) is 0 Å². The SMILES string of the molecule is CCN1CCN(c2ncc3c(n2)CCCC3)CC1. The van der Waals surface area contributed by atoms with Crippen molar-refractivity contribution in [2.24, 2.45) is 0 Å². The number of nitrogens with zero attached hydrogens (tertiary/aromatic N) is 4. The Morgan fingerprint density at radius 1 is 1.11 bits per heavy atom.